The van der Waals surface area contributed by atoms with E-state index in [2.05, 4.69) is 5.32 Å². The summed E-state index contributed by atoms with van der Waals surface area (Å²) < 4.78 is 5.42. The number of fused-ring (bicyclic) bond motifs is 1. The molecule has 2 aliphatic rings. The zero-order valence-electron chi connectivity index (χ0n) is 15.4. The molecule has 0 bridgehead atoms. The molecule has 1 aromatic heterocycles. The zero-order chi connectivity index (χ0) is 18.7. The molecule has 1 aliphatic carbocycles. The number of likely N-dealkylation sites (N-methyl/N-ethyl adjacent to an activating group) is 1. The fourth-order valence-electron chi connectivity index (χ4n) is 3.98. The second-order valence-corrected chi connectivity index (χ2v) is 7.37. The summed E-state index contributed by atoms with van der Waals surface area (Å²) in [5, 5.41) is 2.88. The summed E-state index contributed by atoms with van der Waals surface area (Å²) in [6.07, 6.45) is 5.35. The van der Waals surface area contributed by atoms with Crippen LogP contribution in [-0.2, 0) is 14.4 Å². The molecule has 0 unspecified atom stereocenters. The van der Waals surface area contributed by atoms with E-state index in [4.69, 9.17) is 4.42 Å². The lowest BCUT2D eigenvalue weighted by Gasteiger charge is -2.23. The molecule has 2 fully saturated rings. The van der Waals surface area contributed by atoms with Crippen molar-refractivity contribution < 1.29 is 18.8 Å². The predicted molar refractivity (Wildman–Crippen MR) is 94.9 cm³/mol. The van der Waals surface area contributed by atoms with Crippen molar-refractivity contribution in [2.75, 3.05) is 27.2 Å². The molecule has 3 rings (SSSR count). The van der Waals surface area contributed by atoms with E-state index in [1.807, 2.05) is 31.1 Å². The fraction of sp³-hybridized carbons (Fsp3) is 0.632. The van der Waals surface area contributed by atoms with Crippen LogP contribution in [0.3, 0.4) is 0 Å². The standard InChI is InChI=1S/C19H27N3O4/c1-21(2)15(16-8-5-11-26-16)12-20-17(23)9-10-22-18(24)13-6-3-4-7-14(13)19(22)25/h5,8,11,13-15H,3-4,6-7,9-10,12H2,1-2H3,(H,20,23)/t13-,14+,15-/m1/s1. The van der Waals surface area contributed by atoms with Gasteiger partial charge in [-0.3, -0.25) is 24.2 Å². The van der Waals surface area contributed by atoms with Crippen LogP contribution in [0.1, 0.15) is 43.9 Å². The Bertz CT molecular complexity index is 632. The highest BCUT2D eigenvalue weighted by Gasteiger charge is 2.47. The van der Waals surface area contributed by atoms with Crippen LogP contribution in [0.4, 0.5) is 0 Å². The number of likely N-dealkylation sites (tertiary alicyclic amines) is 1. The number of nitrogens with zero attached hydrogens (tertiary/aromatic N) is 2. The Morgan fingerprint density at radius 3 is 2.46 bits per heavy atom. The SMILES string of the molecule is CN(C)[C@H](CNC(=O)CCN1C(=O)[C@H]2CCCC[C@H]2C1=O)c1ccco1. The lowest BCUT2D eigenvalue weighted by Crippen LogP contribution is -2.38. The van der Waals surface area contributed by atoms with Crippen LogP contribution >= 0.6 is 0 Å². The number of furan rings is 1. The summed E-state index contributed by atoms with van der Waals surface area (Å²) in [4.78, 5) is 40.3. The van der Waals surface area contributed by atoms with E-state index in [0.29, 0.717) is 6.54 Å². The molecule has 0 spiro atoms. The Labute approximate surface area is 153 Å². The summed E-state index contributed by atoms with van der Waals surface area (Å²) in [6.45, 7) is 0.580. The van der Waals surface area contributed by atoms with Gasteiger partial charge in [0.2, 0.25) is 17.7 Å². The first-order valence-corrected chi connectivity index (χ1v) is 9.30. The smallest absolute Gasteiger partial charge is 0.233 e. The molecule has 2 heterocycles. The predicted octanol–water partition coefficient (Wildman–Crippen LogP) is 1.56. The van der Waals surface area contributed by atoms with Crippen molar-refractivity contribution in [3.8, 4) is 0 Å². The maximum Gasteiger partial charge on any atom is 0.233 e. The van der Waals surface area contributed by atoms with Crippen molar-refractivity contribution >= 4 is 17.7 Å². The summed E-state index contributed by atoms with van der Waals surface area (Å²) >= 11 is 0. The van der Waals surface area contributed by atoms with E-state index in [9.17, 15) is 14.4 Å². The quantitative estimate of drug-likeness (QED) is 0.746. The van der Waals surface area contributed by atoms with Gasteiger partial charge in [0.15, 0.2) is 0 Å². The van der Waals surface area contributed by atoms with Crippen molar-refractivity contribution in [2.45, 2.75) is 38.1 Å². The molecule has 7 heteroatoms. The molecule has 1 saturated heterocycles. The van der Waals surface area contributed by atoms with E-state index in [-0.39, 0.29) is 48.6 Å². The second kappa shape index (κ2) is 8.03. The van der Waals surface area contributed by atoms with Crippen molar-refractivity contribution in [1.82, 2.24) is 15.1 Å². The normalized spacial score (nSPS) is 24.0. The minimum absolute atomic E-state index is 0.0631. The van der Waals surface area contributed by atoms with Gasteiger partial charge >= 0.3 is 0 Å². The second-order valence-electron chi connectivity index (χ2n) is 7.37. The molecule has 0 aromatic carbocycles. The number of amides is 3. The highest BCUT2D eigenvalue weighted by atomic mass is 16.3. The summed E-state index contributed by atoms with van der Waals surface area (Å²) in [7, 11) is 3.84. The first-order valence-electron chi connectivity index (χ1n) is 9.30. The molecule has 3 atom stereocenters. The Morgan fingerprint density at radius 1 is 1.27 bits per heavy atom. The van der Waals surface area contributed by atoms with Crippen LogP contribution in [0.15, 0.2) is 22.8 Å². The highest BCUT2D eigenvalue weighted by Crippen LogP contribution is 2.37. The lowest BCUT2D eigenvalue weighted by molar-refractivity contribution is -0.140. The Kier molecular flexibility index (Phi) is 5.76. The molecule has 1 aromatic rings. The van der Waals surface area contributed by atoms with Crippen LogP contribution in [0.5, 0.6) is 0 Å². The Morgan fingerprint density at radius 2 is 1.92 bits per heavy atom. The zero-order valence-corrected chi connectivity index (χ0v) is 15.4. The van der Waals surface area contributed by atoms with Gasteiger partial charge < -0.3 is 9.73 Å². The third-order valence-electron chi connectivity index (χ3n) is 5.48. The van der Waals surface area contributed by atoms with Crippen molar-refractivity contribution in [1.29, 1.82) is 0 Å². The van der Waals surface area contributed by atoms with Crippen molar-refractivity contribution in [3.05, 3.63) is 24.2 Å². The molecule has 1 aliphatic heterocycles. The largest absolute Gasteiger partial charge is 0.468 e. The third kappa shape index (κ3) is 3.82. The van der Waals surface area contributed by atoms with Gasteiger partial charge in [0.1, 0.15) is 5.76 Å². The topological polar surface area (TPSA) is 82.9 Å². The van der Waals surface area contributed by atoms with Gasteiger partial charge in [-0.05, 0) is 39.1 Å². The molecule has 1 N–H and O–H groups in total. The number of rotatable bonds is 7. The number of carbonyl (C=O) groups is 3. The van der Waals surface area contributed by atoms with Gasteiger partial charge in [-0.2, -0.15) is 0 Å². The van der Waals surface area contributed by atoms with Gasteiger partial charge in [0.25, 0.3) is 0 Å². The summed E-state index contributed by atoms with van der Waals surface area (Å²) in [5.41, 5.74) is 0. The van der Waals surface area contributed by atoms with E-state index >= 15 is 0 Å². The van der Waals surface area contributed by atoms with E-state index < -0.39 is 0 Å². The third-order valence-corrected chi connectivity index (χ3v) is 5.48. The molecule has 1 saturated carbocycles. The minimum atomic E-state index is -0.168. The van der Waals surface area contributed by atoms with E-state index in [0.717, 1.165) is 31.4 Å². The molecular weight excluding hydrogens is 334 g/mol. The van der Waals surface area contributed by atoms with Crippen LogP contribution in [0.25, 0.3) is 0 Å². The molecule has 26 heavy (non-hydrogen) atoms. The fourth-order valence-corrected chi connectivity index (χ4v) is 3.98. The lowest BCUT2D eigenvalue weighted by atomic mass is 9.81. The molecule has 0 radical (unpaired) electrons. The van der Waals surface area contributed by atoms with Crippen LogP contribution in [-0.4, -0.2) is 54.7 Å². The molecule has 3 amide bonds. The highest BCUT2D eigenvalue weighted by molar-refractivity contribution is 6.05. The maximum absolute atomic E-state index is 12.4. The van der Waals surface area contributed by atoms with E-state index in [1.54, 1.807) is 6.26 Å². The van der Waals surface area contributed by atoms with Gasteiger partial charge in [-0.15, -0.1) is 0 Å². The average Bonchev–Trinajstić information content (AvgIpc) is 3.22. The van der Waals surface area contributed by atoms with Gasteiger partial charge in [-0.25, -0.2) is 0 Å². The summed E-state index contributed by atoms with van der Waals surface area (Å²) in [6, 6.07) is 3.63. The van der Waals surface area contributed by atoms with Crippen LogP contribution in [0.2, 0.25) is 0 Å². The molecule has 7 nitrogen and oxygen atoms in total. The van der Waals surface area contributed by atoms with Crippen molar-refractivity contribution in [2.24, 2.45) is 11.8 Å². The number of imide groups is 1. The molecule has 142 valence electrons. The van der Waals surface area contributed by atoms with Gasteiger partial charge in [-0.1, -0.05) is 12.8 Å². The molecular formula is C19H27N3O4. The number of hydrogen-bond acceptors (Lipinski definition) is 5. The number of hydrogen-bond donors (Lipinski definition) is 1. The Hall–Kier alpha value is -2.15. The van der Waals surface area contributed by atoms with Gasteiger partial charge in [0.05, 0.1) is 24.1 Å². The minimum Gasteiger partial charge on any atom is -0.468 e. The number of nitrogens with one attached hydrogen (secondary N) is 1. The average molecular weight is 361 g/mol. The Balaban J connectivity index is 1.49. The van der Waals surface area contributed by atoms with E-state index in [1.165, 1.54) is 4.90 Å². The summed E-state index contributed by atoms with van der Waals surface area (Å²) in [5.74, 6) is 0.124. The van der Waals surface area contributed by atoms with Crippen LogP contribution < -0.4 is 5.32 Å². The number of carbonyl (C=O) groups excluding carboxylic acids is 3. The first-order chi connectivity index (χ1) is 12.5. The maximum atomic E-state index is 12.4. The monoisotopic (exact) mass is 361 g/mol. The van der Waals surface area contributed by atoms with Crippen molar-refractivity contribution in [3.63, 3.8) is 0 Å². The first kappa shape index (κ1) is 18.6. The van der Waals surface area contributed by atoms with Gasteiger partial charge in [0, 0.05) is 19.5 Å². The van der Waals surface area contributed by atoms with Crippen LogP contribution in [0, 0.1) is 11.8 Å².